The van der Waals surface area contributed by atoms with E-state index in [2.05, 4.69) is 10.1 Å². The molecule has 0 bridgehead atoms. The summed E-state index contributed by atoms with van der Waals surface area (Å²) in [6.07, 6.45) is 2.95. The molecular weight excluding hydrogens is 364 g/mol. The number of hydrogen-bond donors (Lipinski definition) is 1. The van der Waals surface area contributed by atoms with Gasteiger partial charge in [0.25, 0.3) is 0 Å². The zero-order valence-electron chi connectivity index (χ0n) is 14.9. The number of methoxy groups -OCH3 is 1. The van der Waals surface area contributed by atoms with E-state index in [1.165, 1.54) is 24.7 Å². The Kier molecular flexibility index (Phi) is 5.83. The first-order valence-electron chi connectivity index (χ1n) is 8.15. The van der Waals surface area contributed by atoms with Crippen molar-refractivity contribution in [2.75, 3.05) is 7.11 Å². The van der Waals surface area contributed by atoms with Crippen LogP contribution in [0.1, 0.15) is 23.7 Å². The van der Waals surface area contributed by atoms with Gasteiger partial charge in [0.1, 0.15) is 17.9 Å². The number of nitrogens with zero attached hydrogens (tertiary/aromatic N) is 2. The second-order valence-corrected chi connectivity index (χ2v) is 6.63. The number of carboxylic acid groups (broad SMARTS) is 1. The molecule has 2 heterocycles. The van der Waals surface area contributed by atoms with Gasteiger partial charge < -0.3 is 14.7 Å². The molecule has 0 fully saturated rings. The zero-order valence-corrected chi connectivity index (χ0v) is 15.7. The zero-order chi connectivity index (χ0) is 19.2. The Balaban J connectivity index is 1.81. The maximum atomic E-state index is 11.5. The molecule has 138 valence electrons. The molecule has 0 saturated carbocycles. The number of benzene rings is 1. The molecule has 1 N–H and O–H groups in total. The first kappa shape index (κ1) is 18.6. The van der Waals surface area contributed by atoms with Crippen LogP contribution in [0.15, 0.2) is 59.4 Å². The van der Waals surface area contributed by atoms with Crippen LogP contribution in [0, 0.1) is 0 Å². The minimum Gasteiger partial charge on any atom is -0.503 e. The third-order valence-corrected chi connectivity index (χ3v) is 4.83. The van der Waals surface area contributed by atoms with Gasteiger partial charge in [-0.2, -0.15) is 0 Å². The fraction of sp³-hybridized carbons (Fsp3) is 0.150. The Morgan fingerprint density at radius 3 is 2.89 bits per heavy atom. The highest BCUT2D eigenvalue weighted by Gasteiger charge is 2.16. The van der Waals surface area contributed by atoms with Crippen LogP contribution in [0.4, 0.5) is 0 Å². The van der Waals surface area contributed by atoms with Gasteiger partial charge >= 0.3 is 5.97 Å². The minimum atomic E-state index is -1.03. The van der Waals surface area contributed by atoms with E-state index < -0.39 is 5.97 Å². The van der Waals surface area contributed by atoms with Gasteiger partial charge in [0.15, 0.2) is 0 Å². The predicted octanol–water partition coefficient (Wildman–Crippen LogP) is 4.31. The molecular formula is C20H18N2O4S. The van der Waals surface area contributed by atoms with E-state index in [0.29, 0.717) is 11.3 Å². The Morgan fingerprint density at radius 1 is 1.33 bits per heavy atom. The summed E-state index contributed by atoms with van der Waals surface area (Å²) >= 11 is 1.48. The van der Waals surface area contributed by atoms with E-state index in [9.17, 15) is 9.90 Å². The fourth-order valence-corrected chi connectivity index (χ4v) is 3.49. The highest BCUT2D eigenvalue weighted by molar-refractivity contribution is 7.17. The molecule has 0 atom stereocenters. The van der Waals surface area contributed by atoms with Crippen molar-refractivity contribution in [1.29, 1.82) is 0 Å². The second-order valence-electron chi connectivity index (χ2n) is 5.72. The summed E-state index contributed by atoms with van der Waals surface area (Å²) in [5, 5.41) is 16.2. The van der Waals surface area contributed by atoms with Crippen molar-refractivity contribution in [1.82, 2.24) is 4.98 Å². The van der Waals surface area contributed by atoms with Gasteiger partial charge in [-0.3, -0.25) is 4.98 Å². The summed E-state index contributed by atoms with van der Waals surface area (Å²) < 4.78 is 5.91. The second kappa shape index (κ2) is 8.46. The third kappa shape index (κ3) is 4.32. The number of pyridine rings is 1. The Hall–Kier alpha value is -3.19. The Morgan fingerprint density at radius 2 is 2.19 bits per heavy atom. The maximum Gasteiger partial charge on any atom is 0.339 e. The summed E-state index contributed by atoms with van der Waals surface area (Å²) in [5.41, 5.74) is 3.07. The minimum absolute atomic E-state index is 0.117. The van der Waals surface area contributed by atoms with E-state index >= 15 is 0 Å². The van der Waals surface area contributed by atoms with Crippen LogP contribution < -0.4 is 0 Å². The lowest BCUT2D eigenvalue weighted by Gasteiger charge is -2.05. The van der Waals surface area contributed by atoms with Crippen molar-refractivity contribution in [3.8, 4) is 0 Å². The first-order chi connectivity index (χ1) is 13.1. The molecule has 3 aromatic rings. The quantitative estimate of drug-likeness (QED) is 0.285. The molecule has 2 aromatic heterocycles. The normalized spacial score (nSPS) is 12.2. The average Bonchev–Trinajstić information content (AvgIpc) is 3.09. The summed E-state index contributed by atoms with van der Waals surface area (Å²) in [4.78, 5) is 21.2. The fourth-order valence-electron chi connectivity index (χ4n) is 2.55. The number of thiophene rings is 1. The molecule has 0 amide bonds. The summed E-state index contributed by atoms with van der Waals surface area (Å²) in [7, 11) is 1.43. The average molecular weight is 382 g/mol. The van der Waals surface area contributed by atoms with Crippen LogP contribution in [0.5, 0.6) is 0 Å². The molecule has 0 unspecified atom stereocenters. The highest BCUT2D eigenvalue weighted by Crippen LogP contribution is 2.32. The monoisotopic (exact) mass is 382 g/mol. The molecule has 0 saturated heterocycles. The van der Waals surface area contributed by atoms with Gasteiger partial charge in [-0.05, 0) is 36.8 Å². The standard InChI is InChI=1S/C20H18N2O4S/c1-13(18-5-3-4-8-21-18)22-26-10-14-6-7-19-15(9-14)17(12-27-19)16(11-25-2)20(23)24/h3-9,11-12H,10H2,1-2H3,(H,23,24). The lowest BCUT2D eigenvalue weighted by Crippen LogP contribution is -2.00. The molecule has 6 nitrogen and oxygen atoms in total. The number of hydrogen-bond acceptors (Lipinski definition) is 6. The van der Waals surface area contributed by atoms with E-state index in [4.69, 9.17) is 9.57 Å². The number of carboxylic acids is 1. The highest BCUT2D eigenvalue weighted by atomic mass is 32.1. The van der Waals surface area contributed by atoms with Gasteiger partial charge in [0.05, 0.1) is 19.1 Å². The Bertz CT molecular complexity index is 1010. The van der Waals surface area contributed by atoms with Crippen molar-refractivity contribution < 1.29 is 19.5 Å². The van der Waals surface area contributed by atoms with Gasteiger partial charge in [-0.1, -0.05) is 17.3 Å². The van der Waals surface area contributed by atoms with Gasteiger partial charge in [-0.25, -0.2) is 4.79 Å². The lowest BCUT2D eigenvalue weighted by molar-refractivity contribution is -0.130. The number of fused-ring (bicyclic) bond motifs is 1. The van der Waals surface area contributed by atoms with Crippen molar-refractivity contribution in [2.45, 2.75) is 13.5 Å². The van der Waals surface area contributed by atoms with E-state index in [0.717, 1.165) is 21.3 Å². The molecule has 27 heavy (non-hydrogen) atoms. The summed E-state index contributed by atoms with van der Waals surface area (Å²) in [6, 6.07) is 11.4. The number of rotatable bonds is 7. The number of oxime groups is 1. The molecule has 1 aromatic carbocycles. The maximum absolute atomic E-state index is 11.5. The van der Waals surface area contributed by atoms with Crippen LogP contribution in [0.2, 0.25) is 0 Å². The molecule has 0 aliphatic rings. The van der Waals surface area contributed by atoms with Crippen LogP contribution in [-0.4, -0.2) is 28.9 Å². The summed E-state index contributed by atoms with van der Waals surface area (Å²) in [5.74, 6) is -1.03. The van der Waals surface area contributed by atoms with Crippen LogP contribution in [-0.2, 0) is 21.0 Å². The van der Waals surface area contributed by atoms with Crippen LogP contribution in [0.25, 0.3) is 15.7 Å². The molecule has 3 rings (SSSR count). The van der Waals surface area contributed by atoms with E-state index in [1.807, 2.05) is 48.7 Å². The Labute approximate surface area is 160 Å². The predicted molar refractivity (Wildman–Crippen MR) is 106 cm³/mol. The molecule has 7 heteroatoms. The molecule has 0 spiro atoms. The lowest BCUT2D eigenvalue weighted by atomic mass is 10.0. The van der Waals surface area contributed by atoms with E-state index in [-0.39, 0.29) is 12.2 Å². The van der Waals surface area contributed by atoms with E-state index in [1.54, 1.807) is 6.20 Å². The van der Waals surface area contributed by atoms with Crippen molar-refractivity contribution in [3.05, 3.63) is 71.1 Å². The molecule has 0 aliphatic carbocycles. The van der Waals surface area contributed by atoms with Crippen molar-refractivity contribution in [3.63, 3.8) is 0 Å². The van der Waals surface area contributed by atoms with Gasteiger partial charge in [-0.15, -0.1) is 11.3 Å². The first-order valence-corrected chi connectivity index (χ1v) is 9.03. The largest absolute Gasteiger partial charge is 0.503 e. The smallest absolute Gasteiger partial charge is 0.339 e. The number of aromatic nitrogens is 1. The number of carbonyl (C=O) groups is 1. The van der Waals surface area contributed by atoms with Crippen LogP contribution in [0.3, 0.4) is 0 Å². The third-order valence-electron chi connectivity index (χ3n) is 3.86. The topological polar surface area (TPSA) is 81.0 Å². The molecule has 0 radical (unpaired) electrons. The van der Waals surface area contributed by atoms with Crippen molar-refractivity contribution >= 4 is 38.7 Å². The SMILES string of the molecule is COC=C(C(=O)O)c1csc2ccc(CON=C(C)c3ccccn3)cc12. The van der Waals surface area contributed by atoms with Gasteiger partial charge in [0, 0.05) is 27.2 Å². The van der Waals surface area contributed by atoms with Crippen LogP contribution >= 0.6 is 11.3 Å². The van der Waals surface area contributed by atoms with Gasteiger partial charge in [0.2, 0.25) is 0 Å². The number of ether oxygens (including phenoxy) is 1. The van der Waals surface area contributed by atoms with Crippen molar-refractivity contribution in [2.24, 2.45) is 5.16 Å². The summed E-state index contributed by atoms with van der Waals surface area (Å²) in [6.45, 7) is 2.10. The number of aliphatic carboxylic acids is 1. The molecule has 0 aliphatic heterocycles.